The van der Waals surface area contributed by atoms with Gasteiger partial charge in [-0.15, -0.1) is 0 Å². The summed E-state index contributed by atoms with van der Waals surface area (Å²) < 4.78 is 12.2. The zero-order chi connectivity index (χ0) is 14.4. The molecule has 0 fully saturated rings. The number of benzene rings is 2. The van der Waals surface area contributed by atoms with E-state index in [1.165, 1.54) is 0 Å². The predicted molar refractivity (Wildman–Crippen MR) is 86.2 cm³/mol. The van der Waals surface area contributed by atoms with Crippen LogP contribution in [0.3, 0.4) is 0 Å². The topological polar surface area (TPSA) is 18.5 Å². The number of rotatable bonds is 6. The summed E-state index contributed by atoms with van der Waals surface area (Å²) >= 11 is 15.2. The molecule has 2 aromatic rings. The molecule has 0 atom stereocenters. The van der Waals surface area contributed by atoms with Gasteiger partial charge in [-0.2, -0.15) is 0 Å². The summed E-state index contributed by atoms with van der Waals surface area (Å²) in [6.07, 6.45) is 0.773. The van der Waals surface area contributed by atoms with Gasteiger partial charge in [0.25, 0.3) is 0 Å². The molecule has 0 saturated carbocycles. The molecule has 0 aromatic heterocycles. The molecule has 0 aliphatic heterocycles. The fourth-order valence-corrected chi connectivity index (χ4v) is 2.28. The van der Waals surface area contributed by atoms with E-state index in [0.29, 0.717) is 29.0 Å². The van der Waals surface area contributed by atoms with E-state index >= 15 is 0 Å². The van der Waals surface area contributed by atoms with Gasteiger partial charge in [0.05, 0.1) is 18.2 Å². The van der Waals surface area contributed by atoms with E-state index in [1.54, 1.807) is 18.2 Å². The minimum absolute atomic E-state index is 0.520. The van der Waals surface area contributed by atoms with Gasteiger partial charge in [-0.1, -0.05) is 39.1 Å². The maximum Gasteiger partial charge on any atom is 0.137 e. The number of hydrogen-bond acceptors (Lipinski definition) is 2. The minimum atomic E-state index is 0.520. The first-order valence-electron chi connectivity index (χ1n) is 6.11. The molecule has 0 N–H and O–H groups in total. The van der Waals surface area contributed by atoms with E-state index in [1.807, 2.05) is 24.3 Å². The Morgan fingerprint density at radius 3 is 2.30 bits per heavy atom. The van der Waals surface area contributed by atoms with Crippen LogP contribution in [0.2, 0.25) is 10.0 Å². The quantitative estimate of drug-likeness (QED) is 0.611. The molecule has 2 aromatic carbocycles. The summed E-state index contributed by atoms with van der Waals surface area (Å²) in [7, 11) is 0. The molecule has 20 heavy (non-hydrogen) atoms. The molecule has 0 unspecified atom stereocenters. The predicted octanol–water partition coefficient (Wildman–Crippen LogP) is 5.60. The van der Waals surface area contributed by atoms with E-state index < -0.39 is 0 Å². The molecule has 0 aliphatic carbocycles. The third kappa shape index (κ3) is 4.89. The number of hydrogen-bond donors (Lipinski definition) is 0. The molecule has 0 radical (unpaired) electrons. The third-order valence-electron chi connectivity index (χ3n) is 2.52. The Morgan fingerprint density at radius 1 is 0.900 bits per heavy atom. The van der Waals surface area contributed by atoms with E-state index in [9.17, 15) is 0 Å². The van der Waals surface area contributed by atoms with Crippen molar-refractivity contribution in [2.24, 2.45) is 0 Å². The molecular weight excluding hydrogens is 363 g/mol. The second-order valence-electron chi connectivity index (χ2n) is 4.08. The molecule has 0 heterocycles. The van der Waals surface area contributed by atoms with Gasteiger partial charge in [0, 0.05) is 15.9 Å². The lowest BCUT2D eigenvalue weighted by Gasteiger charge is -2.09. The average molecular weight is 376 g/mol. The van der Waals surface area contributed by atoms with Crippen molar-refractivity contribution in [1.29, 1.82) is 0 Å². The second-order valence-corrected chi connectivity index (χ2v) is 5.84. The Morgan fingerprint density at radius 2 is 1.60 bits per heavy atom. The van der Waals surface area contributed by atoms with Crippen LogP contribution in [0.5, 0.6) is 11.5 Å². The summed E-state index contributed by atoms with van der Waals surface area (Å²) in [5.41, 5.74) is 0. The van der Waals surface area contributed by atoms with Gasteiger partial charge in [0.15, 0.2) is 0 Å². The second kappa shape index (κ2) is 7.77. The Bertz CT molecular complexity index is 558. The normalized spacial score (nSPS) is 10.3. The first kappa shape index (κ1) is 15.5. The van der Waals surface area contributed by atoms with Crippen LogP contribution in [0.4, 0.5) is 0 Å². The fourth-order valence-electron chi connectivity index (χ4n) is 1.55. The van der Waals surface area contributed by atoms with Crippen molar-refractivity contribution in [2.75, 3.05) is 13.2 Å². The van der Waals surface area contributed by atoms with Gasteiger partial charge in [0.1, 0.15) is 11.5 Å². The van der Waals surface area contributed by atoms with Gasteiger partial charge in [0.2, 0.25) is 0 Å². The van der Waals surface area contributed by atoms with Crippen LogP contribution >= 0.6 is 39.1 Å². The Balaban J connectivity index is 1.70. The first-order valence-corrected chi connectivity index (χ1v) is 7.66. The molecule has 0 bridgehead atoms. The van der Waals surface area contributed by atoms with Crippen molar-refractivity contribution >= 4 is 39.1 Å². The lowest BCUT2D eigenvalue weighted by molar-refractivity contribution is 0.247. The number of halogens is 3. The van der Waals surface area contributed by atoms with Crippen molar-refractivity contribution in [2.45, 2.75) is 6.42 Å². The molecule has 2 rings (SSSR count). The van der Waals surface area contributed by atoms with Crippen LogP contribution in [0, 0.1) is 0 Å². The molecule has 0 amide bonds. The monoisotopic (exact) mass is 374 g/mol. The van der Waals surface area contributed by atoms with Crippen LogP contribution in [0.15, 0.2) is 46.9 Å². The van der Waals surface area contributed by atoms with Gasteiger partial charge in [-0.25, -0.2) is 0 Å². The van der Waals surface area contributed by atoms with Crippen molar-refractivity contribution in [3.8, 4) is 11.5 Å². The summed E-state index contributed by atoms with van der Waals surface area (Å²) in [6.45, 7) is 1.13. The molecule has 0 aliphatic rings. The van der Waals surface area contributed by atoms with Gasteiger partial charge < -0.3 is 9.47 Å². The zero-order valence-electron chi connectivity index (χ0n) is 10.6. The van der Waals surface area contributed by atoms with Gasteiger partial charge in [-0.3, -0.25) is 0 Å². The SMILES string of the molecule is Clc1ccc(OCCCOc2ccc(Br)cc2)c(Cl)c1. The van der Waals surface area contributed by atoms with E-state index in [-0.39, 0.29) is 0 Å². The molecule has 5 heteroatoms. The van der Waals surface area contributed by atoms with Crippen molar-refractivity contribution in [1.82, 2.24) is 0 Å². The zero-order valence-corrected chi connectivity index (χ0v) is 13.7. The maximum atomic E-state index is 6.01. The van der Waals surface area contributed by atoms with Crippen LogP contribution in [0.25, 0.3) is 0 Å². The minimum Gasteiger partial charge on any atom is -0.493 e. The summed E-state index contributed by atoms with van der Waals surface area (Å²) in [5.74, 6) is 1.48. The Labute approximate surface area is 136 Å². The average Bonchev–Trinajstić information content (AvgIpc) is 2.42. The van der Waals surface area contributed by atoms with Crippen LogP contribution in [-0.4, -0.2) is 13.2 Å². The summed E-state index contributed by atoms with van der Waals surface area (Å²) in [4.78, 5) is 0. The van der Waals surface area contributed by atoms with E-state index in [4.69, 9.17) is 32.7 Å². The lowest BCUT2D eigenvalue weighted by atomic mass is 10.3. The van der Waals surface area contributed by atoms with Crippen molar-refractivity contribution in [3.05, 3.63) is 57.0 Å². The van der Waals surface area contributed by atoms with Crippen LogP contribution in [-0.2, 0) is 0 Å². The molecular formula is C15H13BrCl2O2. The molecule has 2 nitrogen and oxygen atoms in total. The van der Waals surface area contributed by atoms with Crippen LogP contribution < -0.4 is 9.47 Å². The third-order valence-corrected chi connectivity index (χ3v) is 3.58. The number of ether oxygens (including phenoxy) is 2. The smallest absolute Gasteiger partial charge is 0.137 e. The largest absolute Gasteiger partial charge is 0.493 e. The first-order chi connectivity index (χ1) is 9.65. The maximum absolute atomic E-state index is 6.01. The highest BCUT2D eigenvalue weighted by atomic mass is 79.9. The Kier molecular flexibility index (Phi) is 6.02. The standard InChI is InChI=1S/C15H13BrCl2O2/c16-11-2-5-13(6-3-11)19-8-1-9-20-15-7-4-12(17)10-14(15)18/h2-7,10H,1,8-9H2. The highest BCUT2D eigenvalue weighted by Crippen LogP contribution is 2.27. The summed E-state index contributed by atoms with van der Waals surface area (Å²) in [6, 6.07) is 12.9. The highest BCUT2D eigenvalue weighted by Gasteiger charge is 2.02. The lowest BCUT2D eigenvalue weighted by Crippen LogP contribution is -2.05. The van der Waals surface area contributed by atoms with Crippen molar-refractivity contribution < 1.29 is 9.47 Å². The molecule has 0 spiro atoms. The van der Waals surface area contributed by atoms with Crippen LogP contribution in [0.1, 0.15) is 6.42 Å². The molecule has 106 valence electrons. The molecule has 0 saturated heterocycles. The van der Waals surface area contributed by atoms with Gasteiger partial charge in [-0.05, 0) is 42.5 Å². The van der Waals surface area contributed by atoms with Crippen molar-refractivity contribution in [3.63, 3.8) is 0 Å². The fraction of sp³-hybridized carbons (Fsp3) is 0.200. The van der Waals surface area contributed by atoms with E-state index in [2.05, 4.69) is 15.9 Å². The highest BCUT2D eigenvalue weighted by molar-refractivity contribution is 9.10. The van der Waals surface area contributed by atoms with Gasteiger partial charge >= 0.3 is 0 Å². The summed E-state index contributed by atoms with van der Waals surface area (Å²) in [5, 5.41) is 1.12. The Hall–Kier alpha value is -0.900. The van der Waals surface area contributed by atoms with E-state index in [0.717, 1.165) is 16.6 Å².